The van der Waals surface area contributed by atoms with E-state index in [-0.39, 0.29) is 24.4 Å². The third-order valence-corrected chi connectivity index (χ3v) is 3.58. The summed E-state index contributed by atoms with van der Waals surface area (Å²) in [5, 5.41) is 9.09. The highest BCUT2D eigenvalue weighted by Crippen LogP contribution is 2.22. The molecule has 0 spiro atoms. The van der Waals surface area contributed by atoms with Gasteiger partial charge in [-0.1, -0.05) is 0 Å². The predicted octanol–water partition coefficient (Wildman–Crippen LogP) is -0.344. The smallest absolute Gasteiger partial charge is 0.352 e. The number of rotatable bonds is 3. The number of aromatic carboxylic acids is 1. The van der Waals surface area contributed by atoms with Crippen molar-refractivity contribution >= 4 is 17.8 Å². The number of aromatic nitrogens is 1. The maximum absolute atomic E-state index is 12.6. The number of carboxylic acids is 1. The number of nitrogens with one attached hydrogen (secondary N) is 1. The lowest BCUT2D eigenvalue weighted by molar-refractivity contribution is -0.127. The Balaban J connectivity index is 2.39. The summed E-state index contributed by atoms with van der Waals surface area (Å²) in [6.45, 7) is 3.77. The van der Waals surface area contributed by atoms with E-state index < -0.39 is 23.8 Å². The molecule has 1 saturated heterocycles. The number of morpholine rings is 1. The van der Waals surface area contributed by atoms with Gasteiger partial charge < -0.3 is 25.5 Å². The Morgan fingerprint density at radius 2 is 2.05 bits per heavy atom. The van der Waals surface area contributed by atoms with E-state index in [4.69, 9.17) is 15.6 Å². The van der Waals surface area contributed by atoms with Crippen molar-refractivity contribution in [1.29, 1.82) is 0 Å². The topological polar surface area (TPSA) is 126 Å². The SMILES string of the molecule is Cc1[nH]c(C(=O)O)c(C)c1C(=O)N1CCOCC1C(N)=O. The highest BCUT2D eigenvalue weighted by Gasteiger charge is 2.34. The minimum absolute atomic E-state index is 0.0280. The van der Waals surface area contributed by atoms with Crippen molar-refractivity contribution in [3.05, 3.63) is 22.5 Å². The predicted molar refractivity (Wildman–Crippen MR) is 72.1 cm³/mol. The number of aryl methyl sites for hydroxylation is 1. The molecule has 2 heterocycles. The number of hydrogen-bond donors (Lipinski definition) is 3. The average molecular weight is 295 g/mol. The number of amides is 2. The minimum atomic E-state index is -1.14. The normalized spacial score (nSPS) is 18.6. The van der Waals surface area contributed by atoms with Crippen molar-refractivity contribution in [2.45, 2.75) is 19.9 Å². The van der Waals surface area contributed by atoms with Crippen molar-refractivity contribution < 1.29 is 24.2 Å². The number of carboxylic acid groups (broad SMARTS) is 1. The van der Waals surface area contributed by atoms with Crippen LogP contribution < -0.4 is 5.73 Å². The second kappa shape index (κ2) is 5.57. The van der Waals surface area contributed by atoms with Gasteiger partial charge >= 0.3 is 5.97 Å². The van der Waals surface area contributed by atoms with Gasteiger partial charge in [-0.15, -0.1) is 0 Å². The number of hydrogen-bond acceptors (Lipinski definition) is 4. The molecule has 0 radical (unpaired) electrons. The van der Waals surface area contributed by atoms with Crippen LogP contribution in [0.2, 0.25) is 0 Å². The van der Waals surface area contributed by atoms with Gasteiger partial charge in [0.1, 0.15) is 11.7 Å². The maximum Gasteiger partial charge on any atom is 0.352 e. The third-order valence-electron chi connectivity index (χ3n) is 3.58. The van der Waals surface area contributed by atoms with E-state index in [2.05, 4.69) is 4.98 Å². The summed E-state index contributed by atoms with van der Waals surface area (Å²) in [5.74, 6) is -2.20. The number of carbonyl (C=O) groups is 3. The summed E-state index contributed by atoms with van der Waals surface area (Å²) in [4.78, 5) is 39.2. The molecule has 1 aliphatic rings. The van der Waals surface area contributed by atoms with Crippen molar-refractivity contribution in [3.63, 3.8) is 0 Å². The molecule has 1 aromatic heterocycles. The van der Waals surface area contributed by atoms with Crippen LogP contribution in [0.1, 0.15) is 32.1 Å². The van der Waals surface area contributed by atoms with Crippen LogP contribution in [0.3, 0.4) is 0 Å². The zero-order valence-electron chi connectivity index (χ0n) is 11.8. The third kappa shape index (κ3) is 2.62. The van der Waals surface area contributed by atoms with Gasteiger partial charge in [-0.25, -0.2) is 4.79 Å². The molecule has 0 aliphatic carbocycles. The summed E-state index contributed by atoms with van der Waals surface area (Å²) in [5.41, 5.74) is 6.32. The van der Waals surface area contributed by atoms with Crippen LogP contribution in [-0.2, 0) is 9.53 Å². The van der Waals surface area contributed by atoms with E-state index in [1.165, 1.54) is 4.90 Å². The van der Waals surface area contributed by atoms with Gasteiger partial charge in [0.2, 0.25) is 5.91 Å². The van der Waals surface area contributed by atoms with E-state index in [0.717, 1.165) is 0 Å². The van der Waals surface area contributed by atoms with Crippen LogP contribution in [0, 0.1) is 13.8 Å². The molecule has 21 heavy (non-hydrogen) atoms. The quantitative estimate of drug-likeness (QED) is 0.703. The maximum atomic E-state index is 12.6. The van der Waals surface area contributed by atoms with Crippen molar-refractivity contribution in [2.75, 3.05) is 19.8 Å². The molecule has 114 valence electrons. The van der Waals surface area contributed by atoms with Crippen molar-refractivity contribution in [1.82, 2.24) is 9.88 Å². The van der Waals surface area contributed by atoms with Gasteiger partial charge in [-0.3, -0.25) is 9.59 Å². The molecule has 1 fully saturated rings. The number of ether oxygens (including phenoxy) is 1. The van der Waals surface area contributed by atoms with E-state index in [1.807, 2.05) is 0 Å². The average Bonchev–Trinajstić information content (AvgIpc) is 2.73. The molecule has 1 aliphatic heterocycles. The summed E-state index contributed by atoms with van der Waals surface area (Å²) < 4.78 is 5.17. The van der Waals surface area contributed by atoms with Crippen LogP contribution in [0.4, 0.5) is 0 Å². The van der Waals surface area contributed by atoms with E-state index in [1.54, 1.807) is 13.8 Å². The lowest BCUT2D eigenvalue weighted by atomic mass is 10.1. The standard InChI is InChI=1S/C13H17N3O5/c1-6-9(7(2)15-10(6)13(19)20)12(18)16-3-4-21-5-8(16)11(14)17/h8,15H,3-5H2,1-2H3,(H2,14,17)(H,19,20). The highest BCUT2D eigenvalue weighted by atomic mass is 16.5. The number of nitrogens with two attached hydrogens (primary N) is 1. The van der Waals surface area contributed by atoms with Crippen LogP contribution in [0.25, 0.3) is 0 Å². The zero-order valence-corrected chi connectivity index (χ0v) is 11.8. The molecule has 0 aromatic carbocycles. The fourth-order valence-corrected chi connectivity index (χ4v) is 2.51. The molecule has 2 rings (SSSR count). The van der Waals surface area contributed by atoms with Crippen molar-refractivity contribution in [3.8, 4) is 0 Å². The molecule has 1 atom stereocenters. The fourth-order valence-electron chi connectivity index (χ4n) is 2.51. The number of nitrogens with zero attached hydrogens (tertiary/aromatic N) is 1. The van der Waals surface area contributed by atoms with Crippen LogP contribution >= 0.6 is 0 Å². The Morgan fingerprint density at radius 3 is 2.57 bits per heavy atom. The number of carbonyl (C=O) groups excluding carboxylic acids is 2. The van der Waals surface area contributed by atoms with E-state index in [0.29, 0.717) is 17.9 Å². The first-order valence-electron chi connectivity index (χ1n) is 6.45. The largest absolute Gasteiger partial charge is 0.477 e. The second-order valence-electron chi connectivity index (χ2n) is 4.92. The van der Waals surface area contributed by atoms with Gasteiger partial charge in [0.05, 0.1) is 18.8 Å². The summed E-state index contributed by atoms with van der Waals surface area (Å²) in [6, 6.07) is -0.840. The molecular formula is C13H17N3O5. The molecule has 1 unspecified atom stereocenters. The summed E-state index contributed by atoms with van der Waals surface area (Å²) >= 11 is 0. The zero-order chi connectivity index (χ0) is 15.7. The lowest BCUT2D eigenvalue weighted by Gasteiger charge is -2.33. The van der Waals surface area contributed by atoms with Crippen LogP contribution in [-0.4, -0.2) is 58.6 Å². The second-order valence-corrected chi connectivity index (χ2v) is 4.92. The van der Waals surface area contributed by atoms with Crippen molar-refractivity contribution in [2.24, 2.45) is 5.73 Å². The van der Waals surface area contributed by atoms with Gasteiger partial charge in [-0.05, 0) is 19.4 Å². The van der Waals surface area contributed by atoms with Gasteiger partial charge in [0.25, 0.3) is 5.91 Å². The molecular weight excluding hydrogens is 278 g/mol. The number of primary amides is 1. The minimum Gasteiger partial charge on any atom is -0.477 e. The monoisotopic (exact) mass is 295 g/mol. The highest BCUT2D eigenvalue weighted by molar-refractivity contribution is 6.02. The first-order chi connectivity index (χ1) is 9.84. The molecule has 0 bridgehead atoms. The Labute approximate surface area is 120 Å². The first-order valence-corrected chi connectivity index (χ1v) is 6.45. The Kier molecular flexibility index (Phi) is 3.99. The van der Waals surface area contributed by atoms with Gasteiger partial charge in [0.15, 0.2) is 0 Å². The lowest BCUT2D eigenvalue weighted by Crippen LogP contribution is -2.54. The Bertz CT molecular complexity index is 607. The Hall–Kier alpha value is -2.35. The van der Waals surface area contributed by atoms with Gasteiger partial charge in [0, 0.05) is 12.2 Å². The van der Waals surface area contributed by atoms with Crippen LogP contribution in [0.15, 0.2) is 0 Å². The van der Waals surface area contributed by atoms with Gasteiger partial charge in [-0.2, -0.15) is 0 Å². The van der Waals surface area contributed by atoms with Crippen LogP contribution in [0.5, 0.6) is 0 Å². The molecule has 0 saturated carbocycles. The number of H-pyrrole nitrogens is 1. The van der Waals surface area contributed by atoms with E-state index in [9.17, 15) is 14.4 Å². The summed E-state index contributed by atoms with van der Waals surface area (Å²) in [7, 11) is 0. The first kappa shape index (κ1) is 15.0. The molecule has 4 N–H and O–H groups in total. The molecule has 1 aromatic rings. The number of aromatic amines is 1. The molecule has 8 heteroatoms. The Morgan fingerprint density at radius 1 is 1.38 bits per heavy atom. The molecule has 2 amide bonds. The fraction of sp³-hybridized carbons (Fsp3) is 0.462. The summed E-state index contributed by atoms with van der Waals surface area (Å²) in [6.07, 6.45) is 0. The molecule has 8 nitrogen and oxygen atoms in total. The van der Waals surface area contributed by atoms with E-state index >= 15 is 0 Å².